The fraction of sp³-hybridized carbons (Fsp3) is 0.125. The predicted molar refractivity (Wildman–Crippen MR) is 106 cm³/mol. The van der Waals surface area contributed by atoms with E-state index in [9.17, 15) is 0 Å². The highest BCUT2D eigenvalue weighted by atomic mass is 16.3. The van der Waals surface area contributed by atoms with Crippen molar-refractivity contribution in [2.45, 2.75) is 19.8 Å². The molecule has 1 aliphatic rings. The zero-order valence-corrected chi connectivity index (χ0v) is 14.7. The highest BCUT2D eigenvalue weighted by molar-refractivity contribution is 5.81. The van der Waals surface area contributed by atoms with E-state index < -0.39 is 0 Å². The van der Waals surface area contributed by atoms with Crippen LogP contribution in [0, 0.1) is 6.92 Å². The van der Waals surface area contributed by atoms with Gasteiger partial charge in [-0.2, -0.15) is 0 Å². The lowest BCUT2D eigenvalue weighted by Crippen LogP contribution is -2.26. The lowest BCUT2D eigenvalue weighted by molar-refractivity contribution is 0.568. The van der Waals surface area contributed by atoms with Gasteiger partial charge in [0.05, 0.1) is 5.69 Å². The lowest BCUT2D eigenvalue weighted by atomic mass is 9.97. The van der Waals surface area contributed by atoms with E-state index in [1.54, 1.807) is 0 Å². The van der Waals surface area contributed by atoms with Gasteiger partial charge >= 0.3 is 0 Å². The van der Waals surface area contributed by atoms with Crippen molar-refractivity contribution < 1.29 is 4.42 Å². The zero-order chi connectivity index (χ0) is 17.5. The Kier molecular flexibility index (Phi) is 3.49. The minimum absolute atomic E-state index is 0.947. The Labute approximate surface area is 152 Å². The number of benzene rings is 2. The molecule has 2 heterocycles. The molecule has 0 aliphatic heterocycles. The first-order chi connectivity index (χ1) is 12.8. The number of aromatic nitrogens is 1. The van der Waals surface area contributed by atoms with Crippen LogP contribution >= 0.6 is 0 Å². The fourth-order valence-corrected chi connectivity index (χ4v) is 3.73. The highest BCUT2D eigenvalue weighted by Gasteiger charge is 2.14. The number of hydrogen-bond donors (Lipinski definition) is 0. The third kappa shape index (κ3) is 2.46. The largest absolute Gasteiger partial charge is 0.456 e. The molecule has 2 aromatic carbocycles. The maximum absolute atomic E-state index is 6.21. The molecule has 4 aromatic rings. The van der Waals surface area contributed by atoms with Gasteiger partial charge in [-0.15, -0.1) is 0 Å². The molecule has 0 saturated heterocycles. The topological polar surface area (TPSA) is 26.0 Å². The van der Waals surface area contributed by atoms with Crippen LogP contribution in [0.15, 0.2) is 71.3 Å². The van der Waals surface area contributed by atoms with Crippen molar-refractivity contribution in [1.29, 1.82) is 0 Å². The molecule has 0 N–H and O–H groups in total. The number of rotatable bonds is 2. The molecule has 2 nitrogen and oxygen atoms in total. The minimum atomic E-state index is 0.947. The van der Waals surface area contributed by atoms with E-state index in [2.05, 4.69) is 66.5 Å². The smallest absolute Gasteiger partial charge is 0.140 e. The van der Waals surface area contributed by atoms with Crippen LogP contribution in [-0.2, 0) is 0 Å². The summed E-state index contributed by atoms with van der Waals surface area (Å²) in [5, 5.41) is 2.40. The summed E-state index contributed by atoms with van der Waals surface area (Å²) in [6.45, 7) is 2.11. The first-order valence-corrected chi connectivity index (χ1v) is 9.04. The number of para-hydroxylation sites is 1. The Morgan fingerprint density at radius 1 is 0.923 bits per heavy atom. The highest BCUT2D eigenvalue weighted by Crippen LogP contribution is 2.25. The van der Waals surface area contributed by atoms with Gasteiger partial charge in [-0.05, 0) is 49.1 Å². The normalized spacial score (nSPS) is 13.5. The molecule has 0 amide bonds. The summed E-state index contributed by atoms with van der Waals surface area (Å²) in [4.78, 5) is 4.66. The van der Waals surface area contributed by atoms with Gasteiger partial charge in [-0.1, -0.05) is 54.1 Å². The van der Waals surface area contributed by atoms with Crippen LogP contribution in [0.2, 0.25) is 0 Å². The second-order valence-corrected chi connectivity index (χ2v) is 6.86. The molecule has 126 valence electrons. The lowest BCUT2D eigenvalue weighted by Gasteiger charge is -2.10. The Hall–Kier alpha value is -3.13. The van der Waals surface area contributed by atoms with Crippen molar-refractivity contribution in [3.05, 3.63) is 88.8 Å². The van der Waals surface area contributed by atoms with E-state index in [1.165, 1.54) is 32.9 Å². The van der Waals surface area contributed by atoms with E-state index in [4.69, 9.17) is 4.42 Å². The van der Waals surface area contributed by atoms with Gasteiger partial charge in [0.2, 0.25) is 0 Å². The number of furan rings is 1. The van der Waals surface area contributed by atoms with Crippen LogP contribution in [0.1, 0.15) is 24.1 Å². The first kappa shape index (κ1) is 15.2. The van der Waals surface area contributed by atoms with E-state index in [1.807, 2.05) is 18.3 Å². The monoisotopic (exact) mass is 337 g/mol. The molecule has 1 aliphatic carbocycles. The third-order valence-electron chi connectivity index (χ3n) is 5.10. The SMILES string of the molecule is Cc1ccc(-c2ccnc(C3=c4oc5ccccc5c4=CCC3)c2)cc1. The number of nitrogens with zero attached hydrogens (tertiary/aromatic N) is 1. The standard InChI is InChI=1S/C24H19NO/c1-16-9-11-17(12-10-16)18-13-14-25-22(15-18)21-7-4-6-20-19-5-2-3-8-23(19)26-24(20)21/h2-3,5-6,8-15H,4,7H2,1H3. The van der Waals surface area contributed by atoms with E-state index in [-0.39, 0.29) is 0 Å². The maximum atomic E-state index is 6.21. The van der Waals surface area contributed by atoms with Crippen LogP contribution in [0.3, 0.4) is 0 Å². The minimum Gasteiger partial charge on any atom is -0.456 e. The van der Waals surface area contributed by atoms with Crippen molar-refractivity contribution in [2.24, 2.45) is 0 Å². The van der Waals surface area contributed by atoms with Crippen molar-refractivity contribution in [1.82, 2.24) is 4.98 Å². The Bertz CT molecular complexity index is 1230. The van der Waals surface area contributed by atoms with Crippen LogP contribution in [0.4, 0.5) is 0 Å². The fourth-order valence-electron chi connectivity index (χ4n) is 3.73. The Morgan fingerprint density at radius 2 is 1.77 bits per heavy atom. The second-order valence-electron chi connectivity index (χ2n) is 6.86. The molecule has 0 spiro atoms. The van der Waals surface area contributed by atoms with Gasteiger partial charge < -0.3 is 4.42 Å². The molecular weight excluding hydrogens is 318 g/mol. The van der Waals surface area contributed by atoms with Crippen LogP contribution in [0.5, 0.6) is 0 Å². The van der Waals surface area contributed by atoms with Gasteiger partial charge in [0.1, 0.15) is 11.0 Å². The summed E-state index contributed by atoms with van der Waals surface area (Å²) >= 11 is 0. The summed E-state index contributed by atoms with van der Waals surface area (Å²) in [7, 11) is 0. The van der Waals surface area contributed by atoms with Crippen LogP contribution < -0.4 is 10.6 Å². The number of aryl methyl sites for hydroxylation is 1. The molecule has 26 heavy (non-hydrogen) atoms. The van der Waals surface area contributed by atoms with E-state index >= 15 is 0 Å². The van der Waals surface area contributed by atoms with Crippen molar-refractivity contribution in [3.63, 3.8) is 0 Å². The maximum Gasteiger partial charge on any atom is 0.140 e. The van der Waals surface area contributed by atoms with Gasteiger partial charge in [0, 0.05) is 22.4 Å². The van der Waals surface area contributed by atoms with Crippen molar-refractivity contribution in [2.75, 3.05) is 0 Å². The number of pyridine rings is 1. The molecule has 0 atom stereocenters. The summed E-state index contributed by atoms with van der Waals surface area (Å²) in [6.07, 6.45) is 6.16. The number of fused-ring (bicyclic) bond motifs is 3. The Balaban J connectivity index is 1.72. The summed E-state index contributed by atoms with van der Waals surface area (Å²) < 4.78 is 6.21. The number of hydrogen-bond acceptors (Lipinski definition) is 2. The average molecular weight is 337 g/mol. The molecule has 2 aromatic heterocycles. The molecule has 0 unspecified atom stereocenters. The van der Waals surface area contributed by atoms with Gasteiger partial charge in [-0.3, -0.25) is 4.98 Å². The summed E-state index contributed by atoms with van der Waals surface area (Å²) in [5.41, 5.74) is 7.81. The molecule has 0 saturated carbocycles. The molecule has 5 rings (SSSR count). The molecular formula is C24H19NO. The zero-order valence-electron chi connectivity index (χ0n) is 14.7. The average Bonchev–Trinajstić information content (AvgIpc) is 3.07. The second kappa shape index (κ2) is 5.99. The summed E-state index contributed by atoms with van der Waals surface area (Å²) in [5.74, 6) is 0. The Morgan fingerprint density at radius 3 is 2.65 bits per heavy atom. The molecule has 0 bridgehead atoms. The van der Waals surface area contributed by atoms with Crippen LogP contribution in [0.25, 0.3) is 33.7 Å². The summed E-state index contributed by atoms with van der Waals surface area (Å²) in [6, 6.07) is 21.1. The van der Waals surface area contributed by atoms with Crippen molar-refractivity contribution >= 4 is 22.6 Å². The molecule has 0 radical (unpaired) electrons. The van der Waals surface area contributed by atoms with E-state index in [0.29, 0.717) is 0 Å². The van der Waals surface area contributed by atoms with Gasteiger partial charge in [-0.25, -0.2) is 0 Å². The molecule has 2 heteroatoms. The van der Waals surface area contributed by atoms with Crippen LogP contribution in [-0.4, -0.2) is 4.98 Å². The van der Waals surface area contributed by atoms with Gasteiger partial charge in [0.25, 0.3) is 0 Å². The van der Waals surface area contributed by atoms with E-state index in [0.717, 1.165) is 29.5 Å². The van der Waals surface area contributed by atoms with Gasteiger partial charge in [0.15, 0.2) is 0 Å². The predicted octanol–water partition coefficient (Wildman–Crippen LogP) is 4.58. The third-order valence-corrected chi connectivity index (χ3v) is 5.10. The first-order valence-electron chi connectivity index (χ1n) is 9.04. The molecule has 0 fully saturated rings. The quantitative estimate of drug-likeness (QED) is 0.535. The van der Waals surface area contributed by atoms with Crippen molar-refractivity contribution in [3.8, 4) is 11.1 Å².